The normalized spacial score (nSPS) is 15.5. The number of benzene rings is 11. The molecule has 0 fully saturated rings. The first kappa shape index (κ1) is 39.6. The molecule has 72 heavy (non-hydrogen) atoms. The zero-order valence-electron chi connectivity index (χ0n) is 39.2. The first-order valence-electron chi connectivity index (χ1n) is 25.0. The SMILES string of the molecule is CCC1C(c2c3ccccc3c(-n3c4cc5ccccc5cc4c4ccc5ccccc5c43)c3c2oc2ccccc23)=NC(n2c3ccccc3c3ccccc32)=NC1c1ccc2oc3ccccc3c2c1. The van der Waals surface area contributed by atoms with E-state index in [0.717, 1.165) is 111 Å². The van der Waals surface area contributed by atoms with Crippen LogP contribution in [0.15, 0.2) is 231 Å². The van der Waals surface area contributed by atoms with Gasteiger partial charge in [-0.25, -0.2) is 9.98 Å². The minimum atomic E-state index is -0.301. The number of para-hydroxylation sites is 4. The molecular formula is C66H42N4O2. The summed E-state index contributed by atoms with van der Waals surface area (Å²) in [6, 6.07) is 76.2. The fourth-order valence-corrected chi connectivity index (χ4v) is 12.5. The van der Waals surface area contributed by atoms with Crippen molar-refractivity contribution in [2.24, 2.45) is 15.9 Å². The van der Waals surface area contributed by atoms with Crippen LogP contribution in [-0.4, -0.2) is 20.8 Å². The number of furan rings is 2. The van der Waals surface area contributed by atoms with Crippen LogP contribution in [0.25, 0.3) is 125 Å². The molecular weight excluding hydrogens is 881 g/mol. The van der Waals surface area contributed by atoms with Gasteiger partial charge in [-0.2, -0.15) is 0 Å². The van der Waals surface area contributed by atoms with E-state index >= 15 is 0 Å². The molecule has 0 aliphatic carbocycles. The number of hydrogen-bond acceptors (Lipinski definition) is 4. The topological polar surface area (TPSA) is 60.9 Å². The summed E-state index contributed by atoms with van der Waals surface area (Å²) in [5.74, 6) is 0.513. The van der Waals surface area contributed by atoms with Crippen molar-refractivity contribution >= 4 is 131 Å². The molecule has 1 aliphatic rings. The number of rotatable bonds is 4. The zero-order valence-corrected chi connectivity index (χ0v) is 39.2. The molecule has 6 nitrogen and oxygen atoms in total. The van der Waals surface area contributed by atoms with E-state index in [1.807, 2.05) is 12.1 Å². The lowest BCUT2D eigenvalue weighted by Gasteiger charge is -2.31. The summed E-state index contributed by atoms with van der Waals surface area (Å²) in [6.07, 6.45) is 0.779. The highest BCUT2D eigenvalue weighted by molar-refractivity contribution is 6.32. The van der Waals surface area contributed by atoms with Gasteiger partial charge in [0, 0.05) is 60.0 Å². The highest BCUT2D eigenvalue weighted by Gasteiger charge is 2.37. The average Bonchev–Trinajstić information content (AvgIpc) is 4.19. The third kappa shape index (κ3) is 5.43. The highest BCUT2D eigenvalue weighted by Crippen LogP contribution is 2.49. The van der Waals surface area contributed by atoms with Gasteiger partial charge in [-0.3, -0.25) is 4.57 Å². The van der Waals surface area contributed by atoms with Gasteiger partial charge < -0.3 is 13.4 Å². The van der Waals surface area contributed by atoms with Crippen LogP contribution < -0.4 is 0 Å². The van der Waals surface area contributed by atoms with Gasteiger partial charge in [0.25, 0.3) is 0 Å². The third-order valence-corrected chi connectivity index (χ3v) is 15.7. The van der Waals surface area contributed by atoms with Crippen molar-refractivity contribution in [3.8, 4) is 5.69 Å². The standard InChI is InChI=1S/C66H42N4O2/c1-2-42-61(41-32-34-58-52(36-41)46-23-11-15-29-56(46)71-58)67-66(69-53-27-13-9-21-44(53)45-22-10-14-28-54(45)69)68-62(42)59-47-24-7-8-25-48(47)64(60-50-26-12-16-30-57(50)72-65(59)60)70-55-37-40-19-4-3-18-39(40)35-51(55)49-33-31-38-17-5-6-20-43(38)63(49)70/h3-37,42,61H,2H2,1H3. The van der Waals surface area contributed by atoms with E-state index < -0.39 is 0 Å². The Morgan fingerprint density at radius 2 is 1.03 bits per heavy atom. The summed E-state index contributed by atoms with van der Waals surface area (Å²) < 4.78 is 18.6. The van der Waals surface area contributed by atoms with Gasteiger partial charge in [-0.15, -0.1) is 0 Å². The summed E-state index contributed by atoms with van der Waals surface area (Å²) in [5.41, 5.74) is 12.0. The fraction of sp³-hybridized carbons (Fsp3) is 0.0606. The first-order valence-corrected chi connectivity index (χ1v) is 25.0. The Bertz CT molecular complexity index is 4830. The summed E-state index contributed by atoms with van der Waals surface area (Å²) >= 11 is 0. The second-order valence-corrected chi connectivity index (χ2v) is 19.4. The van der Waals surface area contributed by atoms with Crippen molar-refractivity contribution in [3.05, 3.63) is 223 Å². The Morgan fingerprint density at radius 1 is 0.431 bits per heavy atom. The molecule has 4 aromatic heterocycles. The molecule has 16 rings (SSSR count). The van der Waals surface area contributed by atoms with Gasteiger partial charge in [0.05, 0.1) is 44.9 Å². The van der Waals surface area contributed by atoms with E-state index in [0.29, 0.717) is 5.96 Å². The van der Waals surface area contributed by atoms with Crippen LogP contribution in [0.3, 0.4) is 0 Å². The summed E-state index contributed by atoms with van der Waals surface area (Å²) in [5, 5.41) is 16.0. The quantitative estimate of drug-likeness (QED) is 0.177. The van der Waals surface area contributed by atoms with Crippen LogP contribution >= 0.6 is 0 Å². The van der Waals surface area contributed by atoms with Crippen molar-refractivity contribution in [1.29, 1.82) is 0 Å². The monoisotopic (exact) mass is 922 g/mol. The minimum Gasteiger partial charge on any atom is -0.456 e. The summed E-state index contributed by atoms with van der Waals surface area (Å²) in [6.45, 7) is 2.28. The summed E-state index contributed by atoms with van der Waals surface area (Å²) in [4.78, 5) is 11.7. The van der Waals surface area contributed by atoms with Gasteiger partial charge in [-0.05, 0) is 82.1 Å². The molecule has 1 aliphatic heterocycles. The van der Waals surface area contributed by atoms with Crippen LogP contribution in [0.2, 0.25) is 0 Å². The van der Waals surface area contributed by atoms with E-state index in [-0.39, 0.29) is 12.0 Å². The van der Waals surface area contributed by atoms with E-state index in [1.165, 1.54) is 37.8 Å². The average molecular weight is 923 g/mol. The van der Waals surface area contributed by atoms with Crippen LogP contribution in [0.4, 0.5) is 0 Å². The maximum absolute atomic E-state index is 7.41. The van der Waals surface area contributed by atoms with Crippen LogP contribution in [-0.2, 0) is 0 Å². The number of aliphatic imine (C=N–C) groups is 2. The van der Waals surface area contributed by atoms with E-state index in [1.54, 1.807) is 0 Å². The molecule has 0 N–H and O–H groups in total. The van der Waals surface area contributed by atoms with Gasteiger partial charge in [0.15, 0.2) is 0 Å². The van der Waals surface area contributed by atoms with Crippen molar-refractivity contribution < 1.29 is 8.83 Å². The number of nitrogens with zero attached hydrogens (tertiary/aromatic N) is 4. The van der Waals surface area contributed by atoms with Crippen LogP contribution in [0.5, 0.6) is 0 Å². The maximum atomic E-state index is 7.41. The van der Waals surface area contributed by atoms with Gasteiger partial charge in [-0.1, -0.05) is 171 Å². The molecule has 5 heterocycles. The van der Waals surface area contributed by atoms with Crippen molar-refractivity contribution in [2.75, 3.05) is 0 Å². The molecule has 0 saturated carbocycles. The number of fused-ring (bicyclic) bond motifs is 16. The van der Waals surface area contributed by atoms with E-state index in [4.69, 9.17) is 18.8 Å². The number of hydrogen-bond donors (Lipinski definition) is 0. The lowest BCUT2D eigenvalue weighted by Crippen LogP contribution is -2.30. The Kier molecular flexibility index (Phi) is 8.18. The van der Waals surface area contributed by atoms with Crippen molar-refractivity contribution in [3.63, 3.8) is 0 Å². The molecule has 0 bridgehead atoms. The fourth-order valence-electron chi connectivity index (χ4n) is 12.5. The lowest BCUT2D eigenvalue weighted by molar-refractivity contribution is 0.530. The molecule has 338 valence electrons. The van der Waals surface area contributed by atoms with Gasteiger partial charge in [0.1, 0.15) is 22.3 Å². The predicted molar refractivity (Wildman–Crippen MR) is 300 cm³/mol. The Hall–Kier alpha value is -9.26. The smallest absolute Gasteiger partial charge is 0.230 e. The Morgan fingerprint density at radius 3 is 1.78 bits per heavy atom. The van der Waals surface area contributed by atoms with Crippen molar-refractivity contribution in [1.82, 2.24) is 9.13 Å². The second kappa shape index (κ2) is 14.9. The third-order valence-electron chi connectivity index (χ3n) is 15.7. The highest BCUT2D eigenvalue weighted by atomic mass is 16.3. The van der Waals surface area contributed by atoms with E-state index in [2.05, 4.69) is 216 Å². The molecule has 0 spiro atoms. The molecule has 2 unspecified atom stereocenters. The summed E-state index contributed by atoms with van der Waals surface area (Å²) in [7, 11) is 0. The van der Waals surface area contributed by atoms with Gasteiger partial charge in [0.2, 0.25) is 5.96 Å². The maximum Gasteiger partial charge on any atom is 0.230 e. The second-order valence-electron chi connectivity index (χ2n) is 19.4. The minimum absolute atomic E-state index is 0.133. The van der Waals surface area contributed by atoms with Gasteiger partial charge >= 0.3 is 0 Å². The molecule has 2 atom stereocenters. The molecule has 0 amide bonds. The van der Waals surface area contributed by atoms with Crippen molar-refractivity contribution in [2.45, 2.75) is 19.4 Å². The molecule has 0 radical (unpaired) electrons. The van der Waals surface area contributed by atoms with Crippen LogP contribution in [0.1, 0.15) is 30.5 Å². The first-order chi connectivity index (χ1) is 35.7. The molecule has 11 aromatic carbocycles. The predicted octanol–water partition coefficient (Wildman–Crippen LogP) is 17.6. The number of aromatic nitrogens is 2. The Balaban J connectivity index is 1.05. The lowest BCUT2D eigenvalue weighted by atomic mass is 9.81. The van der Waals surface area contributed by atoms with E-state index in [9.17, 15) is 0 Å². The molecule has 15 aromatic rings. The Labute approximate surface area is 412 Å². The zero-order chi connectivity index (χ0) is 47.2. The molecule has 6 heteroatoms. The largest absolute Gasteiger partial charge is 0.456 e. The van der Waals surface area contributed by atoms with Crippen LogP contribution in [0, 0.1) is 5.92 Å². The molecule has 0 saturated heterocycles.